The maximum atomic E-state index is 13.8. The molecule has 0 spiro atoms. The third-order valence-corrected chi connectivity index (χ3v) is 4.18. The number of hydrogen-bond donors (Lipinski definition) is 1. The molecule has 1 nitrogen and oxygen atoms in total. The van der Waals surface area contributed by atoms with Gasteiger partial charge in [0.2, 0.25) is 0 Å². The van der Waals surface area contributed by atoms with E-state index < -0.39 is 0 Å². The van der Waals surface area contributed by atoms with E-state index >= 15 is 0 Å². The molecular formula is C16H23F2N. The Morgan fingerprint density at radius 1 is 1.16 bits per heavy atom. The van der Waals surface area contributed by atoms with E-state index in [1.165, 1.54) is 44.2 Å². The summed E-state index contributed by atoms with van der Waals surface area (Å²) in [4.78, 5) is 0. The van der Waals surface area contributed by atoms with Gasteiger partial charge in [0.1, 0.15) is 11.6 Å². The molecule has 1 saturated carbocycles. The highest BCUT2D eigenvalue weighted by Crippen LogP contribution is 2.25. The zero-order valence-corrected chi connectivity index (χ0v) is 11.8. The van der Waals surface area contributed by atoms with Crippen molar-refractivity contribution in [2.75, 3.05) is 6.54 Å². The van der Waals surface area contributed by atoms with E-state index in [4.69, 9.17) is 0 Å². The van der Waals surface area contributed by atoms with Gasteiger partial charge in [-0.15, -0.1) is 0 Å². The second-order valence-corrected chi connectivity index (χ2v) is 5.76. The third kappa shape index (κ3) is 3.75. The SMILES string of the molecule is Cc1cc(F)c(C(C)NCC2CCCCC2)cc1F. The van der Waals surface area contributed by atoms with E-state index in [9.17, 15) is 8.78 Å². The molecule has 1 aromatic rings. The Morgan fingerprint density at radius 3 is 2.53 bits per heavy atom. The van der Waals surface area contributed by atoms with Crippen molar-refractivity contribution in [3.05, 3.63) is 34.9 Å². The van der Waals surface area contributed by atoms with Crippen LogP contribution in [0, 0.1) is 24.5 Å². The lowest BCUT2D eigenvalue weighted by atomic mass is 9.89. The molecule has 0 amide bonds. The van der Waals surface area contributed by atoms with Crippen LogP contribution in [0.25, 0.3) is 0 Å². The van der Waals surface area contributed by atoms with E-state index in [1.807, 2.05) is 6.92 Å². The predicted octanol–water partition coefficient (Wildman–Crippen LogP) is 4.50. The van der Waals surface area contributed by atoms with E-state index in [2.05, 4.69) is 5.32 Å². The first kappa shape index (κ1) is 14.4. The van der Waals surface area contributed by atoms with Crippen molar-refractivity contribution < 1.29 is 8.78 Å². The minimum absolute atomic E-state index is 0.142. The maximum absolute atomic E-state index is 13.8. The number of nitrogens with one attached hydrogen (secondary N) is 1. The third-order valence-electron chi connectivity index (χ3n) is 4.18. The lowest BCUT2D eigenvalue weighted by Crippen LogP contribution is -2.27. The smallest absolute Gasteiger partial charge is 0.128 e. The molecule has 0 aliphatic heterocycles. The van der Waals surface area contributed by atoms with Crippen molar-refractivity contribution >= 4 is 0 Å². The van der Waals surface area contributed by atoms with Crippen LogP contribution in [0.15, 0.2) is 12.1 Å². The summed E-state index contributed by atoms with van der Waals surface area (Å²) in [6.45, 7) is 4.38. The minimum atomic E-state index is -0.331. The second-order valence-electron chi connectivity index (χ2n) is 5.76. The summed E-state index contributed by atoms with van der Waals surface area (Å²) in [6, 6.07) is 2.46. The maximum Gasteiger partial charge on any atom is 0.128 e. The van der Waals surface area contributed by atoms with Crippen molar-refractivity contribution in [2.45, 2.75) is 52.0 Å². The summed E-state index contributed by atoms with van der Waals surface area (Å²) >= 11 is 0. The molecule has 106 valence electrons. The van der Waals surface area contributed by atoms with E-state index in [-0.39, 0.29) is 17.7 Å². The lowest BCUT2D eigenvalue weighted by Gasteiger charge is -2.24. The van der Waals surface area contributed by atoms with Crippen LogP contribution >= 0.6 is 0 Å². The lowest BCUT2D eigenvalue weighted by molar-refractivity contribution is 0.330. The van der Waals surface area contributed by atoms with Gasteiger partial charge >= 0.3 is 0 Å². The van der Waals surface area contributed by atoms with Gasteiger partial charge in [0.05, 0.1) is 0 Å². The predicted molar refractivity (Wildman–Crippen MR) is 74.1 cm³/mol. The highest BCUT2D eigenvalue weighted by atomic mass is 19.1. The Hall–Kier alpha value is -0.960. The van der Waals surface area contributed by atoms with Crippen LogP contribution in [0.4, 0.5) is 8.78 Å². The average Bonchev–Trinajstić information content (AvgIpc) is 2.41. The van der Waals surface area contributed by atoms with Crippen LogP contribution in [0.5, 0.6) is 0 Å². The average molecular weight is 267 g/mol. The summed E-state index contributed by atoms with van der Waals surface area (Å²) in [6.07, 6.45) is 6.45. The number of aryl methyl sites for hydroxylation is 1. The highest BCUT2D eigenvalue weighted by molar-refractivity contribution is 5.27. The summed E-state index contributed by atoms with van der Waals surface area (Å²) < 4.78 is 27.4. The molecule has 0 heterocycles. The van der Waals surface area contributed by atoms with Gasteiger partial charge in [-0.05, 0) is 56.8 Å². The van der Waals surface area contributed by atoms with Crippen LogP contribution in [0.2, 0.25) is 0 Å². The quantitative estimate of drug-likeness (QED) is 0.846. The molecule has 19 heavy (non-hydrogen) atoms. The van der Waals surface area contributed by atoms with E-state index in [0.717, 1.165) is 6.54 Å². The molecule has 0 saturated heterocycles. The Morgan fingerprint density at radius 2 is 1.84 bits per heavy atom. The van der Waals surface area contributed by atoms with Crippen molar-refractivity contribution in [1.82, 2.24) is 5.32 Å². The molecule has 1 N–H and O–H groups in total. The van der Waals surface area contributed by atoms with Crippen LogP contribution in [0.3, 0.4) is 0 Å². The molecule has 0 radical (unpaired) electrons. The molecule has 0 aromatic heterocycles. The monoisotopic (exact) mass is 267 g/mol. The number of halogens is 2. The van der Waals surface area contributed by atoms with Gasteiger partial charge in [0, 0.05) is 11.6 Å². The molecule has 1 unspecified atom stereocenters. The van der Waals surface area contributed by atoms with Crippen LogP contribution < -0.4 is 5.32 Å². The van der Waals surface area contributed by atoms with E-state index in [0.29, 0.717) is 17.0 Å². The summed E-state index contributed by atoms with van der Waals surface area (Å²) in [5.41, 5.74) is 0.791. The molecule has 1 fully saturated rings. The Kier molecular flexibility index (Phi) is 4.92. The molecule has 1 atom stereocenters. The van der Waals surface area contributed by atoms with Gasteiger partial charge in [-0.2, -0.15) is 0 Å². The van der Waals surface area contributed by atoms with Gasteiger partial charge in [-0.3, -0.25) is 0 Å². The number of hydrogen-bond acceptors (Lipinski definition) is 1. The first-order valence-electron chi connectivity index (χ1n) is 7.27. The highest BCUT2D eigenvalue weighted by Gasteiger charge is 2.17. The Bertz CT molecular complexity index is 425. The molecule has 1 aliphatic carbocycles. The minimum Gasteiger partial charge on any atom is -0.310 e. The first-order chi connectivity index (χ1) is 9.08. The van der Waals surface area contributed by atoms with Crippen molar-refractivity contribution in [2.24, 2.45) is 5.92 Å². The summed E-state index contributed by atoms with van der Waals surface area (Å²) in [7, 11) is 0. The second kappa shape index (κ2) is 6.47. The van der Waals surface area contributed by atoms with Gasteiger partial charge in [-0.1, -0.05) is 19.3 Å². The number of benzene rings is 1. The number of rotatable bonds is 4. The molecule has 1 aliphatic rings. The fourth-order valence-corrected chi connectivity index (χ4v) is 2.84. The van der Waals surface area contributed by atoms with Crippen molar-refractivity contribution in [3.63, 3.8) is 0 Å². The molecular weight excluding hydrogens is 244 g/mol. The molecule has 3 heteroatoms. The normalized spacial score (nSPS) is 18.5. The Balaban J connectivity index is 1.95. The first-order valence-corrected chi connectivity index (χ1v) is 7.27. The van der Waals surface area contributed by atoms with E-state index in [1.54, 1.807) is 6.92 Å². The largest absolute Gasteiger partial charge is 0.310 e. The van der Waals surface area contributed by atoms with Crippen LogP contribution in [-0.2, 0) is 0 Å². The van der Waals surface area contributed by atoms with Crippen molar-refractivity contribution in [1.29, 1.82) is 0 Å². The summed E-state index contributed by atoms with van der Waals surface area (Å²) in [5, 5.41) is 3.35. The standard InChI is InChI=1S/C16H23F2N/c1-11-8-16(18)14(9-15(11)17)12(2)19-10-13-6-4-3-5-7-13/h8-9,12-13,19H,3-7,10H2,1-2H3. The molecule has 2 rings (SSSR count). The van der Waals surface area contributed by atoms with Gasteiger partial charge in [0.15, 0.2) is 0 Å². The van der Waals surface area contributed by atoms with Gasteiger partial charge < -0.3 is 5.32 Å². The van der Waals surface area contributed by atoms with Crippen LogP contribution in [0.1, 0.15) is 56.2 Å². The zero-order valence-electron chi connectivity index (χ0n) is 11.8. The Labute approximate surface area is 114 Å². The van der Waals surface area contributed by atoms with Gasteiger partial charge in [0.25, 0.3) is 0 Å². The fourth-order valence-electron chi connectivity index (χ4n) is 2.84. The molecule has 1 aromatic carbocycles. The van der Waals surface area contributed by atoms with Crippen molar-refractivity contribution in [3.8, 4) is 0 Å². The van der Waals surface area contributed by atoms with Crippen LogP contribution in [-0.4, -0.2) is 6.54 Å². The fraction of sp³-hybridized carbons (Fsp3) is 0.625. The zero-order chi connectivity index (χ0) is 13.8. The van der Waals surface area contributed by atoms with Gasteiger partial charge in [-0.25, -0.2) is 8.78 Å². The molecule has 0 bridgehead atoms. The summed E-state index contributed by atoms with van der Waals surface area (Å²) in [5.74, 6) is 0.0415. The topological polar surface area (TPSA) is 12.0 Å².